The van der Waals surface area contributed by atoms with Crippen LogP contribution in [0.25, 0.3) is 11.0 Å². The number of carbonyl (C=O) groups is 2. The Morgan fingerprint density at radius 2 is 1.79 bits per heavy atom. The summed E-state index contributed by atoms with van der Waals surface area (Å²) in [5.41, 5.74) is 5.05. The third-order valence-electron chi connectivity index (χ3n) is 6.47. The van der Waals surface area contributed by atoms with Crippen molar-refractivity contribution in [2.75, 3.05) is 5.32 Å². The molecular formula is C26H29N3O4. The Balaban J connectivity index is 1.63. The van der Waals surface area contributed by atoms with E-state index in [2.05, 4.69) is 15.3 Å². The molecular weight excluding hydrogens is 418 g/mol. The SMILES string of the molecule is CC(=O)Oc1c(C)c(C)c2c(c1C)CCC(C)(C(=O)Nc1ccc3c(C)cc(C)nc3n1)O2. The summed E-state index contributed by atoms with van der Waals surface area (Å²) < 4.78 is 11.8. The van der Waals surface area contributed by atoms with Gasteiger partial charge in [0.1, 0.15) is 17.3 Å². The number of aromatic nitrogens is 2. The van der Waals surface area contributed by atoms with Crippen molar-refractivity contribution in [2.24, 2.45) is 0 Å². The van der Waals surface area contributed by atoms with Gasteiger partial charge in [-0.15, -0.1) is 0 Å². The number of benzene rings is 1. The molecule has 4 rings (SSSR count). The van der Waals surface area contributed by atoms with Crippen molar-refractivity contribution in [1.82, 2.24) is 9.97 Å². The molecule has 0 spiro atoms. The van der Waals surface area contributed by atoms with E-state index in [4.69, 9.17) is 9.47 Å². The number of esters is 1. The third-order valence-corrected chi connectivity index (χ3v) is 6.47. The Hall–Kier alpha value is -3.48. The van der Waals surface area contributed by atoms with Gasteiger partial charge in [0.05, 0.1) is 0 Å². The van der Waals surface area contributed by atoms with Crippen LogP contribution >= 0.6 is 0 Å². The number of pyridine rings is 2. The number of carbonyl (C=O) groups excluding carboxylic acids is 2. The Bertz CT molecular complexity index is 1320. The van der Waals surface area contributed by atoms with E-state index < -0.39 is 5.60 Å². The summed E-state index contributed by atoms with van der Waals surface area (Å²) in [6, 6.07) is 5.72. The highest BCUT2D eigenvalue weighted by atomic mass is 16.5. The smallest absolute Gasteiger partial charge is 0.308 e. The first-order valence-electron chi connectivity index (χ1n) is 11.1. The summed E-state index contributed by atoms with van der Waals surface area (Å²) in [4.78, 5) is 33.9. The summed E-state index contributed by atoms with van der Waals surface area (Å²) in [7, 11) is 0. The highest BCUT2D eigenvalue weighted by Crippen LogP contribution is 2.44. The predicted octanol–water partition coefficient (Wildman–Crippen LogP) is 4.82. The normalized spacial score (nSPS) is 17.3. The van der Waals surface area contributed by atoms with Crippen molar-refractivity contribution < 1.29 is 19.1 Å². The van der Waals surface area contributed by atoms with E-state index in [9.17, 15) is 9.59 Å². The minimum Gasteiger partial charge on any atom is -0.477 e. The number of hydrogen-bond donors (Lipinski definition) is 1. The summed E-state index contributed by atoms with van der Waals surface area (Å²) in [5.74, 6) is 1.08. The van der Waals surface area contributed by atoms with Gasteiger partial charge < -0.3 is 14.8 Å². The second-order valence-corrected chi connectivity index (χ2v) is 9.04. The van der Waals surface area contributed by atoms with Crippen LogP contribution in [0.5, 0.6) is 11.5 Å². The van der Waals surface area contributed by atoms with E-state index in [1.165, 1.54) is 6.92 Å². The molecule has 1 unspecified atom stereocenters. The number of hydrogen-bond acceptors (Lipinski definition) is 6. The fraction of sp³-hybridized carbons (Fsp3) is 0.385. The summed E-state index contributed by atoms with van der Waals surface area (Å²) in [5, 5.41) is 3.87. The molecule has 0 bridgehead atoms. The first-order chi connectivity index (χ1) is 15.5. The number of rotatable bonds is 3. The van der Waals surface area contributed by atoms with Gasteiger partial charge in [-0.25, -0.2) is 9.97 Å². The molecule has 1 aromatic carbocycles. The van der Waals surface area contributed by atoms with Crippen LogP contribution in [0.15, 0.2) is 18.2 Å². The average Bonchev–Trinajstić information content (AvgIpc) is 2.74. The van der Waals surface area contributed by atoms with Gasteiger partial charge >= 0.3 is 5.97 Å². The number of aryl methyl sites for hydroxylation is 2. The largest absolute Gasteiger partial charge is 0.477 e. The molecule has 0 fully saturated rings. The van der Waals surface area contributed by atoms with Gasteiger partial charge in [-0.2, -0.15) is 0 Å². The van der Waals surface area contributed by atoms with Crippen LogP contribution in [-0.2, 0) is 16.0 Å². The van der Waals surface area contributed by atoms with E-state index >= 15 is 0 Å². The zero-order chi connectivity index (χ0) is 24.1. The van der Waals surface area contributed by atoms with Crippen molar-refractivity contribution in [3.05, 3.63) is 51.7 Å². The molecule has 7 nitrogen and oxygen atoms in total. The number of amides is 1. The lowest BCUT2D eigenvalue weighted by atomic mass is 9.86. The number of ether oxygens (including phenoxy) is 2. The minimum absolute atomic E-state index is 0.261. The van der Waals surface area contributed by atoms with Gasteiger partial charge in [0.2, 0.25) is 0 Å². The first-order valence-corrected chi connectivity index (χ1v) is 11.1. The van der Waals surface area contributed by atoms with E-state index in [0.717, 1.165) is 38.9 Å². The summed E-state index contributed by atoms with van der Waals surface area (Å²) in [6.07, 6.45) is 1.12. The zero-order valence-electron chi connectivity index (χ0n) is 20.2. The van der Waals surface area contributed by atoms with Crippen molar-refractivity contribution in [3.63, 3.8) is 0 Å². The molecule has 172 valence electrons. The van der Waals surface area contributed by atoms with Crippen molar-refractivity contribution in [2.45, 2.75) is 66.9 Å². The first kappa shape index (κ1) is 22.7. The Morgan fingerprint density at radius 1 is 1.06 bits per heavy atom. The molecule has 7 heteroatoms. The van der Waals surface area contributed by atoms with Gasteiger partial charge in [0, 0.05) is 30.0 Å². The highest BCUT2D eigenvalue weighted by Gasteiger charge is 2.41. The third kappa shape index (κ3) is 4.03. The summed E-state index contributed by atoms with van der Waals surface area (Å²) >= 11 is 0. The lowest BCUT2D eigenvalue weighted by molar-refractivity contribution is -0.132. The summed E-state index contributed by atoms with van der Waals surface area (Å²) in [6.45, 7) is 12.9. The predicted molar refractivity (Wildman–Crippen MR) is 127 cm³/mol. The maximum atomic E-state index is 13.3. The number of nitrogens with one attached hydrogen (secondary N) is 1. The van der Waals surface area contributed by atoms with Gasteiger partial charge in [0.15, 0.2) is 11.2 Å². The van der Waals surface area contributed by atoms with Crippen molar-refractivity contribution >= 4 is 28.7 Å². The fourth-order valence-electron chi connectivity index (χ4n) is 4.44. The molecule has 3 heterocycles. The van der Waals surface area contributed by atoms with E-state index in [0.29, 0.717) is 35.8 Å². The molecule has 1 atom stereocenters. The molecule has 1 aliphatic rings. The van der Waals surface area contributed by atoms with E-state index in [-0.39, 0.29) is 11.9 Å². The lowest BCUT2D eigenvalue weighted by Gasteiger charge is -2.36. The van der Waals surface area contributed by atoms with Crippen LogP contribution in [-0.4, -0.2) is 27.4 Å². The highest BCUT2D eigenvalue weighted by molar-refractivity contribution is 5.97. The molecule has 1 aliphatic heterocycles. The minimum atomic E-state index is -1.06. The number of anilines is 1. The van der Waals surface area contributed by atoms with Crippen molar-refractivity contribution in [1.29, 1.82) is 0 Å². The van der Waals surface area contributed by atoms with Crippen LogP contribution in [0.4, 0.5) is 5.82 Å². The maximum Gasteiger partial charge on any atom is 0.308 e. The molecule has 1 N–H and O–H groups in total. The quantitative estimate of drug-likeness (QED) is 0.457. The second kappa shape index (κ2) is 8.14. The van der Waals surface area contributed by atoms with Gasteiger partial charge in [-0.3, -0.25) is 9.59 Å². The Kier molecular flexibility index (Phi) is 5.60. The van der Waals surface area contributed by atoms with Crippen LogP contribution < -0.4 is 14.8 Å². The molecule has 2 aromatic heterocycles. The van der Waals surface area contributed by atoms with Crippen LogP contribution in [0.3, 0.4) is 0 Å². The van der Waals surface area contributed by atoms with Crippen LogP contribution in [0, 0.1) is 34.6 Å². The fourth-order valence-corrected chi connectivity index (χ4v) is 4.44. The van der Waals surface area contributed by atoms with E-state index in [1.807, 2.05) is 46.8 Å². The topological polar surface area (TPSA) is 90.4 Å². The molecule has 33 heavy (non-hydrogen) atoms. The Labute approximate surface area is 193 Å². The number of nitrogens with zero attached hydrogens (tertiary/aromatic N) is 2. The second-order valence-electron chi connectivity index (χ2n) is 9.04. The van der Waals surface area contributed by atoms with Gasteiger partial charge in [-0.1, -0.05) is 0 Å². The monoisotopic (exact) mass is 447 g/mol. The maximum absolute atomic E-state index is 13.3. The molecule has 1 amide bonds. The molecule has 0 aliphatic carbocycles. The lowest BCUT2D eigenvalue weighted by Crippen LogP contribution is -2.48. The van der Waals surface area contributed by atoms with Gasteiger partial charge in [0.25, 0.3) is 5.91 Å². The van der Waals surface area contributed by atoms with Crippen LogP contribution in [0.2, 0.25) is 0 Å². The molecule has 0 saturated heterocycles. The molecule has 3 aromatic rings. The van der Waals surface area contributed by atoms with Gasteiger partial charge in [-0.05, 0) is 88.4 Å². The van der Waals surface area contributed by atoms with E-state index in [1.54, 1.807) is 13.0 Å². The average molecular weight is 448 g/mol. The van der Waals surface area contributed by atoms with Crippen molar-refractivity contribution in [3.8, 4) is 11.5 Å². The molecule has 0 saturated carbocycles. The standard InChI is InChI=1S/C26H29N3O4/c1-13-12-14(2)27-24-19(13)8-9-21(28-24)29-25(31)26(7)11-10-20-17(5)22(32-18(6)30)15(3)16(4)23(20)33-26/h8-9,12H,10-11H2,1-7H3,(H,27,28,29,31). The zero-order valence-corrected chi connectivity index (χ0v) is 20.2. The Morgan fingerprint density at radius 3 is 2.48 bits per heavy atom. The number of fused-ring (bicyclic) bond motifs is 2. The van der Waals surface area contributed by atoms with Crippen LogP contribution in [0.1, 0.15) is 53.8 Å². The molecule has 0 radical (unpaired) electrons.